The Hall–Kier alpha value is -2.99. The van der Waals surface area contributed by atoms with E-state index in [1.807, 2.05) is 36.4 Å². The number of amides is 3. The zero-order chi connectivity index (χ0) is 24.4. The molecule has 0 saturated carbocycles. The lowest BCUT2D eigenvalue weighted by molar-refractivity contribution is -0.130. The monoisotopic (exact) mass is 578 g/mol. The van der Waals surface area contributed by atoms with Crippen LogP contribution in [0.5, 0.6) is 5.75 Å². The van der Waals surface area contributed by atoms with E-state index < -0.39 is 24.0 Å². The largest absolute Gasteiger partial charge is 0.491 e. The molecule has 34 heavy (non-hydrogen) atoms. The molecule has 2 aromatic carbocycles. The van der Waals surface area contributed by atoms with Gasteiger partial charge >= 0.3 is 6.03 Å². The zero-order valence-corrected chi connectivity index (χ0v) is 20.7. The third-order valence-corrected chi connectivity index (χ3v) is 6.22. The van der Waals surface area contributed by atoms with Crippen molar-refractivity contribution in [2.45, 2.75) is 25.9 Å². The Morgan fingerprint density at radius 2 is 1.94 bits per heavy atom. The van der Waals surface area contributed by atoms with E-state index >= 15 is 0 Å². The van der Waals surface area contributed by atoms with Crippen molar-refractivity contribution in [3.8, 4) is 17.0 Å². The lowest BCUT2D eigenvalue weighted by Crippen LogP contribution is -2.38. The Kier molecular flexibility index (Phi) is 7.17. The number of carbonyl (C=O) groups is 2. The molecule has 1 aliphatic rings. The number of aromatic nitrogens is 2. The highest BCUT2D eigenvalue weighted by Crippen LogP contribution is 2.35. The maximum absolute atomic E-state index is 14.5. The molecule has 3 N–H and O–H groups in total. The minimum atomic E-state index is -0.844. The second-order valence-corrected chi connectivity index (χ2v) is 9.47. The number of carbonyl (C=O) groups excluding carboxylic acids is 2. The van der Waals surface area contributed by atoms with Crippen LogP contribution in [-0.4, -0.2) is 45.1 Å². The van der Waals surface area contributed by atoms with E-state index in [1.165, 1.54) is 17.2 Å². The third kappa shape index (κ3) is 4.78. The van der Waals surface area contributed by atoms with Crippen molar-refractivity contribution in [2.75, 3.05) is 13.2 Å². The Labute approximate surface area is 209 Å². The maximum Gasteiger partial charge on any atom is 0.325 e. The number of urea groups is 1. The number of aliphatic hydroxyl groups excluding tert-OH is 1. The number of imide groups is 1. The summed E-state index contributed by atoms with van der Waals surface area (Å²) in [7, 11) is 0. The van der Waals surface area contributed by atoms with Gasteiger partial charge in [-0.05, 0) is 64.4 Å². The van der Waals surface area contributed by atoms with Crippen LogP contribution < -0.4 is 10.1 Å². The Bertz CT molecular complexity index is 1200. The molecule has 1 fully saturated rings. The normalized spacial score (nSPS) is 16.8. The lowest BCUT2D eigenvalue weighted by atomic mass is 10.0. The molecule has 2 heterocycles. The molecule has 2 atom stereocenters. The molecule has 0 bridgehead atoms. The van der Waals surface area contributed by atoms with Crippen LogP contribution >= 0.6 is 22.6 Å². The summed E-state index contributed by atoms with van der Waals surface area (Å²) in [5.74, 6) is 0.0244. The summed E-state index contributed by atoms with van der Waals surface area (Å²) >= 11 is 2.04. The second kappa shape index (κ2) is 10.1. The third-order valence-electron chi connectivity index (χ3n) is 5.55. The van der Waals surface area contributed by atoms with Crippen molar-refractivity contribution in [3.63, 3.8) is 0 Å². The van der Waals surface area contributed by atoms with E-state index in [0.717, 1.165) is 3.57 Å². The fraction of sp³-hybridized carbons (Fsp3) is 0.292. The van der Waals surface area contributed by atoms with Crippen LogP contribution in [0.1, 0.15) is 37.3 Å². The van der Waals surface area contributed by atoms with E-state index in [-0.39, 0.29) is 24.9 Å². The highest BCUT2D eigenvalue weighted by molar-refractivity contribution is 14.1. The molecule has 0 unspecified atom stereocenters. The fourth-order valence-electron chi connectivity index (χ4n) is 3.97. The number of hydrogen-bond donors (Lipinski definition) is 3. The standard InChI is InChI=1S/C24H24FIN4O4/c1-13(2)21(22-27-12-19(28-22)17-8-5-15(26)11-18(17)25)30-23(32)20(29-24(30)33)14-3-6-16(7-4-14)34-10-9-31/h3-8,11-13,20-21,31H,9-10H2,1-2H3,(H,27,28)(H,29,33)/t20-,21+/m1/s1. The quantitative estimate of drug-likeness (QED) is 0.275. The molecule has 1 aliphatic heterocycles. The van der Waals surface area contributed by atoms with Crippen LogP contribution in [0.3, 0.4) is 0 Å². The van der Waals surface area contributed by atoms with Gasteiger partial charge in [0, 0.05) is 9.13 Å². The molecule has 0 aliphatic carbocycles. The minimum absolute atomic E-state index is 0.102. The summed E-state index contributed by atoms with van der Waals surface area (Å²) in [6.45, 7) is 3.84. The van der Waals surface area contributed by atoms with Crippen LogP contribution in [0.4, 0.5) is 9.18 Å². The molecule has 1 aromatic heterocycles. The SMILES string of the molecule is CC(C)[C@@H](c1ncc(-c2ccc(I)cc2F)[nH]1)N1C(=O)N[C@H](c2ccc(OCCO)cc2)C1=O. The number of aromatic amines is 1. The van der Waals surface area contributed by atoms with Gasteiger partial charge < -0.3 is 20.1 Å². The molecular weight excluding hydrogens is 554 g/mol. The van der Waals surface area contributed by atoms with Crippen molar-refractivity contribution >= 4 is 34.5 Å². The number of aliphatic hydroxyl groups is 1. The van der Waals surface area contributed by atoms with Gasteiger partial charge in [-0.25, -0.2) is 14.2 Å². The van der Waals surface area contributed by atoms with Gasteiger partial charge in [0.2, 0.25) is 0 Å². The summed E-state index contributed by atoms with van der Waals surface area (Å²) < 4.78 is 20.6. The van der Waals surface area contributed by atoms with Gasteiger partial charge in [0.1, 0.15) is 36.1 Å². The van der Waals surface area contributed by atoms with E-state index in [9.17, 15) is 14.0 Å². The minimum Gasteiger partial charge on any atom is -0.491 e. The maximum atomic E-state index is 14.5. The average molecular weight is 578 g/mol. The smallest absolute Gasteiger partial charge is 0.325 e. The Morgan fingerprint density at radius 1 is 1.21 bits per heavy atom. The number of halogens is 2. The van der Waals surface area contributed by atoms with Crippen molar-refractivity contribution in [1.82, 2.24) is 20.2 Å². The van der Waals surface area contributed by atoms with Gasteiger partial charge in [0.05, 0.1) is 18.5 Å². The predicted molar refractivity (Wildman–Crippen MR) is 131 cm³/mol. The van der Waals surface area contributed by atoms with Crippen LogP contribution in [-0.2, 0) is 4.79 Å². The average Bonchev–Trinajstić information content (AvgIpc) is 3.38. The molecule has 178 valence electrons. The molecule has 0 spiro atoms. The summed E-state index contributed by atoms with van der Waals surface area (Å²) in [4.78, 5) is 34.9. The van der Waals surface area contributed by atoms with Gasteiger partial charge in [0.15, 0.2) is 0 Å². The molecule has 8 nitrogen and oxygen atoms in total. The molecule has 3 amide bonds. The van der Waals surface area contributed by atoms with E-state index in [2.05, 4.69) is 15.3 Å². The molecule has 1 saturated heterocycles. The lowest BCUT2D eigenvalue weighted by Gasteiger charge is -2.27. The fourth-order valence-corrected chi connectivity index (χ4v) is 4.42. The first-order valence-corrected chi connectivity index (χ1v) is 11.9. The molecular formula is C24H24FIN4O4. The first-order valence-electron chi connectivity index (χ1n) is 10.8. The first kappa shape index (κ1) is 24.1. The number of benzene rings is 2. The molecule has 10 heteroatoms. The van der Waals surface area contributed by atoms with Gasteiger partial charge in [0.25, 0.3) is 5.91 Å². The number of nitrogens with one attached hydrogen (secondary N) is 2. The summed E-state index contributed by atoms with van der Waals surface area (Å²) in [6, 6.07) is 9.63. The highest BCUT2D eigenvalue weighted by Gasteiger charge is 2.45. The number of H-pyrrole nitrogens is 1. The highest BCUT2D eigenvalue weighted by atomic mass is 127. The number of ether oxygens (including phenoxy) is 1. The predicted octanol–water partition coefficient (Wildman–Crippen LogP) is 4.18. The zero-order valence-electron chi connectivity index (χ0n) is 18.6. The van der Waals surface area contributed by atoms with E-state index in [1.54, 1.807) is 36.4 Å². The van der Waals surface area contributed by atoms with E-state index in [4.69, 9.17) is 9.84 Å². The number of rotatable bonds is 8. The molecule has 0 radical (unpaired) electrons. The van der Waals surface area contributed by atoms with Crippen LogP contribution in [0.25, 0.3) is 11.3 Å². The van der Waals surface area contributed by atoms with Gasteiger partial charge in [-0.3, -0.25) is 9.69 Å². The van der Waals surface area contributed by atoms with Crippen LogP contribution in [0.15, 0.2) is 48.7 Å². The van der Waals surface area contributed by atoms with Crippen molar-refractivity contribution < 1.29 is 23.8 Å². The van der Waals surface area contributed by atoms with Crippen LogP contribution in [0, 0.1) is 15.3 Å². The van der Waals surface area contributed by atoms with Crippen molar-refractivity contribution in [3.05, 3.63) is 69.4 Å². The van der Waals surface area contributed by atoms with Crippen LogP contribution in [0.2, 0.25) is 0 Å². The number of imidazole rings is 1. The molecule has 4 rings (SSSR count). The van der Waals surface area contributed by atoms with Gasteiger partial charge in [-0.2, -0.15) is 0 Å². The summed E-state index contributed by atoms with van der Waals surface area (Å²) in [5.41, 5.74) is 1.44. The first-order chi connectivity index (χ1) is 16.3. The van der Waals surface area contributed by atoms with Gasteiger partial charge in [-0.15, -0.1) is 0 Å². The summed E-state index contributed by atoms with van der Waals surface area (Å²) in [6.07, 6.45) is 1.51. The molecule has 3 aromatic rings. The Balaban J connectivity index is 1.59. The second-order valence-electron chi connectivity index (χ2n) is 8.23. The summed E-state index contributed by atoms with van der Waals surface area (Å²) in [5, 5.41) is 11.6. The van der Waals surface area contributed by atoms with Crippen molar-refractivity contribution in [2.24, 2.45) is 5.92 Å². The topological polar surface area (TPSA) is 108 Å². The Morgan fingerprint density at radius 3 is 2.59 bits per heavy atom. The van der Waals surface area contributed by atoms with Crippen molar-refractivity contribution in [1.29, 1.82) is 0 Å². The van der Waals surface area contributed by atoms with E-state index in [0.29, 0.717) is 28.4 Å². The number of nitrogens with zero attached hydrogens (tertiary/aromatic N) is 2. The van der Waals surface area contributed by atoms with Gasteiger partial charge in [-0.1, -0.05) is 26.0 Å². The number of hydrogen-bond acceptors (Lipinski definition) is 5.